The van der Waals surface area contributed by atoms with Crippen molar-refractivity contribution in [1.29, 1.82) is 0 Å². The zero-order valence-corrected chi connectivity index (χ0v) is 10.4. The van der Waals surface area contributed by atoms with E-state index in [1.807, 2.05) is 6.20 Å². The summed E-state index contributed by atoms with van der Waals surface area (Å²) < 4.78 is 0. The quantitative estimate of drug-likeness (QED) is 0.804. The van der Waals surface area contributed by atoms with Gasteiger partial charge in [-0.2, -0.15) is 0 Å². The summed E-state index contributed by atoms with van der Waals surface area (Å²) >= 11 is 0. The SMILES string of the molecule is Cc1cc(N2CC(N3CCNCC3)C2)ccn1. The Morgan fingerprint density at radius 3 is 2.76 bits per heavy atom. The second-order valence-corrected chi connectivity index (χ2v) is 5.00. The van der Waals surface area contributed by atoms with Crippen LogP contribution < -0.4 is 10.2 Å². The van der Waals surface area contributed by atoms with Crippen molar-refractivity contribution in [2.75, 3.05) is 44.2 Å². The molecule has 92 valence electrons. The van der Waals surface area contributed by atoms with Crippen LogP contribution in [0.2, 0.25) is 0 Å². The lowest BCUT2D eigenvalue weighted by Crippen LogP contribution is -2.62. The van der Waals surface area contributed by atoms with Crippen LogP contribution in [-0.2, 0) is 0 Å². The van der Waals surface area contributed by atoms with E-state index in [4.69, 9.17) is 0 Å². The molecule has 2 saturated heterocycles. The highest BCUT2D eigenvalue weighted by Gasteiger charge is 2.32. The molecular weight excluding hydrogens is 212 g/mol. The highest BCUT2D eigenvalue weighted by Crippen LogP contribution is 2.23. The van der Waals surface area contributed by atoms with Crippen LogP contribution in [-0.4, -0.2) is 55.2 Å². The third-order valence-electron chi connectivity index (χ3n) is 3.78. The molecule has 3 heterocycles. The Hall–Kier alpha value is -1.13. The van der Waals surface area contributed by atoms with Crippen LogP contribution in [0.25, 0.3) is 0 Å². The minimum absolute atomic E-state index is 0.755. The molecule has 1 N–H and O–H groups in total. The number of rotatable bonds is 2. The van der Waals surface area contributed by atoms with E-state index in [2.05, 4.69) is 39.2 Å². The maximum absolute atomic E-state index is 4.24. The molecule has 4 nitrogen and oxygen atoms in total. The highest BCUT2D eigenvalue weighted by atomic mass is 15.3. The Morgan fingerprint density at radius 2 is 2.06 bits per heavy atom. The summed E-state index contributed by atoms with van der Waals surface area (Å²) in [4.78, 5) is 9.30. The van der Waals surface area contributed by atoms with Crippen LogP contribution in [0, 0.1) is 6.92 Å². The van der Waals surface area contributed by atoms with Crippen molar-refractivity contribution in [2.45, 2.75) is 13.0 Å². The van der Waals surface area contributed by atoms with Crippen molar-refractivity contribution >= 4 is 5.69 Å². The maximum atomic E-state index is 4.24. The van der Waals surface area contributed by atoms with Gasteiger partial charge in [0, 0.05) is 62.9 Å². The van der Waals surface area contributed by atoms with Crippen LogP contribution in [0.5, 0.6) is 0 Å². The zero-order chi connectivity index (χ0) is 11.7. The number of aryl methyl sites for hydroxylation is 1. The first kappa shape index (κ1) is 11.0. The summed E-state index contributed by atoms with van der Waals surface area (Å²) in [5.41, 5.74) is 2.43. The van der Waals surface area contributed by atoms with Crippen molar-refractivity contribution in [1.82, 2.24) is 15.2 Å². The van der Waals surface area contributed by atoms with Gasteiger partial charge in [0.05, 0.1) is 0 Å². The minimum Gasteiger partial charge on any atom is -0.368 e. The monoisotopic (exact) mass is 232 g/mol. The molecule has 0 atom stereocenters. The minimum atomic E-state index is 0.755. The fourth-order valence-electron chi connectivity index (χ4n) is 2.67. The predicted molar refractivity (Wildman–Crippen MR) is 69.4 cm³/mol. The number of nitrogens with zero attached hydrogens (tertiary/aromatic N) is 3. The van der Waals surface area contributed by atoms with E-state index in [1.165, 1.54) is 31.9 Å². The summed E-state index contributed by atoms with van der Waals surface area (Å²) in [6.45, 7) is 9.08. The molecule has 0 bridgehead atoms. The Morgan fingerprint density at radius 1 is 1.29 bits per heavy atom. The third kappa shape index (κ3) is 2.28. The van der Waals surface area contributed by atoms with E-state index in [0.29, 0.717) is 0 Å². The van der Waals surface area contributed by atoms with Crippen molar-refractivity contribution in [2.24, 2.45) is 0 Å². The zero-order valence-electron chi connectivity index (χ0n) is 10.4. The van der Waals surface area contributed by atoms with Crippen molar-refractivity contribution < 1.29 is 0 Å². The number of pyridine rings is 1. The summed E-state index contributed by atoms with van der Waals surface area (Å²) in [6, 6.07) is 5.04. The third-order valence-corrected chi connectivity index (χ3v) is 3.78. The van der Waals surface area contributed by atoms with Gasteiger partial charge >= 0.3 is 0 Å². The molecule has 1 aromatic rings. The van der Waals surface area contributed by atoms with Gasteiger partial charge in [0.15, 0.2) is 0 Å². The van der Waals surface area contributed by atoms with Gasteiger partial charge in [0.2, 0.25) is 0 Å². The lowest BCUT2D eigenvalue weighted by atomic mass is 10.1. The smallest absolute Gasteiger partial charge is 0.0447 e. The summed E-state index contributed by atoms with van der Waals surface area (Å²) in [6.07, 6.45) is 1.91. The molecule has 4 heteroatoms. The van der Waals surface area contributed by atoms with Gasteiger partial charge < -0.3 is 10.2 Å². The molecule has 3 rings (SSSR count). The van der Waals surface area contributed by atoms with Gasteiger partial charge in [-0.3, -0.25) is 9.88 Å². The molecule has 0 aromatic carbocycles. The van der Waals surface area contributed by atoms with Crippen molar-refractivity contribution in [3.63, 3.8) is 0 Å². The first-order valence-electron chi connectivity index (χ1n) is 6.45. The molecule has 0 aliphatic carbocycles. The second-order valence-electron chi connectivity index (χ2n) is 5.00. The number of hydrogen-bond acceptors (Lipinski definition) is 4. The average Bonchev–Trinajstić information content (AvgIpc) is 2.28. The Balaban J connectivity index is 1.57. The molecule has 17 heavy (non-hydrogen) atoms. The molecule has 0 amide bonds. The molecule has 0 spiro atoms. The first-order valence-corrected chi connectivity index (χ1v) is 6.45. The Bertz CT molecular complexity index is 381. The summed E-state index contributed by atoms with van der Waals surface area (Å²) in [5.74, 6) is 0. The van der Waals surface area contributed by atoms with Crippen molar-refractivity contribution in [3.05, 3.63) is 24.0 Å². The Labute approximate surface area is 103 Å². The highest BCUT2D eigenvalue weighted by molar-refractivity contribution is 5.49. The molecule has 1 aromatic heterocycles. The molecule has 2 aliphatic heterocycles. The normalized spacial score (nSPS) is 22.5. The van der Waals surface area contributed by atoms with E-state index in [1.54, 1.807) is 0 Å². The van der Waals surface area contributed by atoms with Crippen molar-refractivity contribution in [3.8, 4) is 0 Å². The summed E-state index contributed by atoms with van der Waals surface area (Å²) in [7, 11) is 0. The number of aromatic nitrogens is 1. The van der Waals surface area contributed by atoms with Gasteiger partial charge in [-0.05, 0) is 19.1 Å². The van der Waals surface area contributed by atoms with Crippen LogP contribution in [0.4, 0.5) is 5.69 Å². The number of anilines is 1. The van der Waals surface area contributed by atoms with E-state index < -0.39 is 0 Å². The number of piperazine rings is 1. The first-order chi connectivity index (χ1) is 8.33. The molecule has 0 unspecified atom stereocenters. The molecule has 0 saturated carbocycles. The fraction of sp³-hybridized carbons (Fsp3) is 0.615. The largest absolute Gasteiger partial charge is 0.368 e. The lowest BCUT2D eigenvalue weighted by molar-refractivity contribution is 0.147. The number of nitrogens with one attached hydrogen (secondary N) is 1. The van der Waals surface area contributed by atoms with Gasteiger partial charge in [0.25, 0.3) is 0 Å². The average molecular weight is 232 g/mol. The van der Waals surface area contributed by atoms with Crippen LogP contribution in [0.15, 0.2) is 18.3 Å². The van der Waals surface area contributed by atoms with Gasteiger partial charge in [-0.15, -0.1) is 0 Å². The molecular formula is C13H20N4. The molecule has 2 aliphatic rings. The lowest BCUT2D eigenvalue weighted by Gasteiger charge is -2.48. The van der Waals surface area contributed by atoms with E-state index >= 15 is 0 Å². The topological polar surface area (TPSA) is 31.4 Å². The van der Waals surface area contributed by atoms with E-state index in [0.717, 1.165) is 24.8 Å². The van der Waals surface area contributed by atoms with Crippen LogP contribution in [0.3, 0.4) is 0 Å². The van der Waals surface area contributed by atoms with E-state index in [-0.39, 0.29) is 0 Å². The van der Waals surface area contributed by atoms with E-state index in [9.17, 15) is 0 Å². The summed E-state index contributed by atoms with van der Waals surface area (Å²) in [5, 5.41) is 3.40. The van der Waals surface area contributed by atoms with Gasteiger partial charge in [-0.25, -0.2) is 0 Å². The fourth-order valence-corrected chi connectivity index (χ4v) is 2.67. The molecule has 0 radical (unpaired) electrons. The Kier molecular flexibility index (Phi) is 2.99. The van der Waals surface area contributed by atoms with Crippen LogP contribution in [0.1, 0.15) is 5.69 Å². The van der Waals surface area contributed by atoms with Gasteiger partial charge in [-0.1, -0.05) is 0 Å². The second kappa shape index (κ2) is 4.63. The van der Waals surface area contributed by atoms with Crippen LogP contribution >= 0.6 is 0 Å². The van der Waals surface area contributed by atoms with Gasteiger partial charge in [0.1, 0.15) is 0 Å². The predicted octanol–water partition coefficient (Wildman–Crippen LogP) is 0.484. The maximum Gasteiger partial charge on any atom is 0.0447 e. The molecule has 2 fully saturated rings. The standard InChI is InChI=1S/C13H20N4/c1-11-8-12(2-3-15-11)17-9-13(10-17)16-6-4-14-5-7-16/h2-3,8,13-14H,4-7,9-10H2,1H3. The number of hydrogen-bond donors (Lipinski definition) is 1.